The molecule has 140 valence electrons. The maximum absolute atomic E-state index is 14.3. The Hall–Kier alpha value is -2.80. The number of ether oxygens (including phenoxy) is 2. The standard InChI is InChI=1S/C20H19F2N3O2/c1-26-14-6-4-5-13(11-14)18-23-16-8-3-2-7-15(16)19(25-18)24-17-12-27-10-9-20(17,21)22/h2-8,11,17H,9-10,12H2,1H3,(H,23,24,25). The maximum Gasteiger partial charge on any atom is 0.272 e. The number of alkyl halides is 2. The van der Waals surface area contributed by atoms with Gasteiger partial charge in [0.1, 0.15) is 17.6 Å². The minimum absolute atomic E-state index is 0.0603. The molecule has 0 bridgehead atoms. The largest absolute Gasteiger partial charge is 0.497 e. The van der Waals surface area contributed by atoms with Crippen molar-refractivity contribution in [2.24, 2.45) is 0 Å². The number of aromatic nitrogens is 2. The Morgan fingerprint density at radius 3 is 2.81 bits per heavy atom. The van der Waals surface area contributed by atoms with Crippen molar-refractivity contribution in [3.63, 3.8) is 0 Å². The molecule has 3 aromatic rings. The minimum atomic E-state index is -2.86. The molecular weight excluding hydrogens is 352 g/mol. The van der Waals surface area contributed by atoms with Crippen molar-refractivity contribution in [2.75, 3.05) is 25.6 Å². The van der Waals surface area contributed by atoms with Crippen molar-refractivity contribution < 1.29 is 18.3 Å². The fourth-order valence-electron chi connectivity index (χ4n) is 3.10. The number of rotatable bonds is 4. The molecule has 4 rings (SSSR count). The first-order valence-electron chi connectivity index (χ1n) is 8.70. The zero-order valence-corrected chi connectivity index (χ0v) is 14.8. The van der Waals surface area contributed by atoms with E-state index in [1.807, 2.05) is 48.5 Å². The van der Waals surface area contributed by atoms with Gasteiger partial charge < -0.3 is 14.8 Å². The number of para-hydroxylation sites is 1. The van der Waals surface area contributed by atoms with Crippen LogP contribution < -0.4 is 10.1 Å². The summed E-state index contributed by atoms with van der Waals surface area (Å²) < 4.78 is 39.0. The van der Waals surface area contributed by atoms with E-state index < -0.39 is 12.0 Å². The summed E-state index contributed by atoms with van der Waals surface area (Å²) in [5.74, 6) is -1.38. The van der Waals surface area contributed by atoms with Crippen LogP contribution >= 0.6 is 0 Å². The summed E-state index contributed by atoms with van der Waals surface area (Å²) in [5.41, 5.74) is 1.42. The van der Waals surface area contributed by atoms with Crippen molar-refractivity contribution in [1.29, 1.82) is 0 Å². The van der Waals surface area contributed by atoms with E-state index in [0.717, 1.165) is 5.56 Å². The van der Waals surface area contributed by atoms with Crippen molar-refractivity contribution in [2.45, 2.75) is 18.4 Å². The number of methoxy groups -OCH3 is 1. The molecule has 1 saturated heterocycles. The van der Waals surface area contributed by atoms with Crippen molar-refractivity contribution in [1.82, 2.24) is 9.97 Å². The van der Waals surface area contributed by atoms with Crippen LogP contribution in [-0.2, 0) is 4.74 Å². The first-order chi connectivity index (χ1) is 13.1. The summed E-state index contributed by atoms with van der Waals surface area (Å²) in [6.07, 6.45) is -0.309. The van der Waals surface area contributed by atoms with Crippen LogP contribution in [0, 0.1) is 0 Å². The molecule has 1 aliphatic heterocycles. The highest BCUT2D eigenvalue weighted by Gasteiger charge is 2.42. The Labute approximate surface area is 155 Å². The number of benzene rings is 2. The molecule has 1 atom stereocenters. The van der Waals surface area contributed by atoms with Crippen LogP contribution in [-0.4, -0.2) is 42.3 Å². The van der Waals surface area contributed by atoms with Gasteiger partial charge in [0.25, 0.3) is 5.92 Å². The number of fused-ring (bicyclic) bond motifs is 1. The van der Waals surface area contributed by atoms with E-state index in [1.165, 1.54) is 0 Å². The lowest BCUT2D eigenvalue weighted by atomic mass is 10.1. The SMILES string of the molecule is COc1cccc(-c2nc(NC3COCCC3(F)F)c3ccccc3n2)c1. The van der Waals surface area contributed by atoms with Crippen LogP contribution in [0.1, 0.15) is 6.42 Å². The summed E-state index contributed by atoms with van der Waals surface area (Å²) >= 11 is 0. The molecule has 0 amide bonds. The Balaban J connectivity index is 1.79. The molecule has 5 nitrogen and oxygen atoms in total. The Bertz CT molecular complexity index is 965. The van der Waals surface area contributed by atoms with E-state index in [1.54, 1.807) is 7.11 Å². The minimum Gasteiger partial charge on any atom is -0.497 e. The molecule has 1 aliphatic rings. The third-order valence-electron chi connectivity index (χ3n) is 4.62. The fraction of sp³-hybridized carbons (Fsp3) is 0.300. The third kappa shape index (κ3) is 3.55. The number of halogens is 2. The van der Waals surface area contributed by atoms with Gasteiger partial charge in [-0.25, -0.2) is 18.7 Å². The average molecular weight is 371 g/mol. The Morgan fingerprint density at radius 2 is 2.00 bits per heavy atom. The van der Waals surface area contributed by atoms with Gasteiger partial charge in [-0.05, 0) is 24.3 Å². The third-order valence-corrected chi connectivity index (χ3v) is 4.62. The molecule has 2 heterocycles. The number of hydrogen-bond acceptors (Lipinski definition) is 5. The topological polar surface area (TPSA) is 56.3 Å². The molecule has 2 aromatic carbocycles. The number of hydrogen-bond donors (Lipinski definition) is 1. The van der Waals surface area contributed by atoms with Gasteiger partial charge in [0.2, 0.25) is 0 Å². The predicted molar refractivity (Wildman–Crippen MR) is 99.3 cm³/mol. The first kappa shape index (κ1) is 17.6. The lowest BCUT2D eigenvalue weighted by Crippen LogP contribution is -2.47. The van der Waals surface area contributed by atoms with Gasteiger partial charge in [0.15, 0.2) is 5.82 Å². The zero-order chi connectivity index (χ0) is 18.9. The highest BCUT2D eigenvalue weighted by atomic mass is 19.3. The Kier molecular flexibility index (Phi) is 4.61. The van der Waals surface area contributed by atoms with Crippen molar-refractivity contribution in [3.05, 3.63) is 48.5 Å². The van der Waals surface area contributed by atoms with E-state index in [-0.39, 0.29) is 19.6 Å². The monoisotopic (exact) mass is 371 g/mol. The van der Waals surface area contributed by atoms with Gasteiger partial charge >= 0.3 is 0 Å². The molecule has 1 unspecified atom stereocenters. The van der Waals surface area contributed by atoms with Crippen LogP contribution in [0.4, 0.5) is 14.6 Å². The highest BCUT2D eigenvalue weighted by molar-refractivity contribution is 5.90. The summed E-state index contributed by atoms with van der Waals surface area (Å²) in [6, 6.07) is 13.5. The predicted octanol–water partition coefficient (Wildman–Crippen LogP) is 4.14. The fourth-order valence-corrected chi connectivity index (χ4v) is 3.10. The molecular formula is C20H19F2N3O2. The van der Waals surface area contributed by atoms with Gasteiger partial charge in [0, 0.05) is 17.4 Å². The number of nitrogens with zero attached hydrogens (tertiary/aromatic N) is 2. The van der Waals surface area contributed by atoms with Gasteiger partial charge in [-0.2, -0.15) is 0 Å². The van der Waals surface area contributed by atoms with Crippen LogP contribution in [0.15, 0.2) is 48.5 Å². The molecule has 1 N–H and O–H groups in total. The average Bonchev–Trinajstić information content (AvgIpc) is 2.69. The van der Waals surface area contributed by atoms with E-state index in [2.05, 4.69) is 15.3 Å². The summed E-state index contributed by atoms with van der Waals surface area (Å²) in [4.78, 5) is 9.13. The van der Waals surface area contributed by atoms with E-state index in [9.17, 15) is 8.78 Å². The quantitative estimate of drug-likeness (QED) is 0.747. The summed E-state index contributed by atoms with van der Waals surface area (Å²) in [7, 11) is 1.58. The second kappa shape index (κ2) is 7.08. The van der Waals surface area contributed by atoms with Gasteiger partial charge in [0.05, 0.1) is 25.8 Å². The van der Waals surface area contributed by atoms with Crippen molar-refractivity contribution >= 4 is 16.7 Å². The molecule has 0 saturated carbocycles. The second-order valence-electron chi connectivity index (χ2n) is 6.43. The summed E-state index contributed by atoms with van der Waals surface area (Å²) in [5, 5.41) is 3.58. The second-order valence-corrected chi connectivity index (χ2v) is 6.43. The Morgan fingerprint density at radius 1 is 1.15 bits per heavy atom. The van der Waals surface area contributed by atoms with Crippen LogP contribution in [0.2, 0.25) is 0 Å². The molecule has 1 aromatic heterocycles. The normalized spacial score (nSPS) is 19.0. The molecule has 0 aliphatic carbocycles. The number of nitrogens with one attached hydrogen (secondary N) is 1. The van der Waals surface area contributed by atoms with Gasteiger partial charge in [-0.1, -0.05) is 24.3 Å². The molecule has 7 heteroatoms. The summed E-state index contributed by atoms with van der Waals surface area (Å²) in [6.45, 7) is -0.00934. The number of anilines is 1. The molecule has 27 heavy (non-hydrogen) atoms. The highest BCUT2D eigenvalue weighted by Crippen LogP contribution is 2.32. The smallest absolute Gasteiger partial charge is 0.272 e. The van der Waals surface area contributed by atoms with Gasteiger partial charge in [-0.15, -0.1) is 0 Å². The van der Waals surface area contributed by atoms with E-state index >= 15 is 0 Å². The van der Waals surface area contributed by atoms with E-state index in [0.29, 0.717) is 28.3 Å². The molecule has 0 spiro atoms. The van der Waals surface area contributed by atoms with Crippen LogP contribution in [0.25, 0.3) is 22.3 Å². The molecule has 0 radical (unpaired) electrons. The lowest BCUT2D eigenvalue weighted by Gasteiger charge is -2.32. The van der Waals surface area contributed by atoms with Crippen molar-refractivity contribution in [3.8, 4) is 17.1 Å². The van der Waals surface area contributed by atoms with Crippen LogP contribution in [0.3, 0.4) is 0 Å². The van der Waals surface area contributed by atoms with Crippen LogP contribution in [0.5, 0.6) is 5.75 Å². The van der Waals surface area contributed by atoms with Gasteiger partial charge in [-0.3, -0.25) is 0 Å². The van der Waals surface area contributed by atoms with E-state index in [4.69, 9.17) is 9.47 Å². The maximum atomic E-state index is 14.3. The first-order valence-corrected chi connectivity index (χ1v) is 8.70. The molecule has 1 fully saturated rings. The zero-order valence-electron chi connectivity index (χ0n) is 14.8. The lowest BCUT2D eigenvalue weighted by molar-refractivity contribution is -0.102.